The van der Waals surface area contributed by atoms with Gasteiger partial charge in [0, 0.05) is 22.9 Å². The van der Waals surface area contributed by atoms with E-state index < -0.39 is 0 Å². The Kier molecular flexibility index (Phi) is 4.71. The van der Waals surface area contributed by atoms with E-state index in [0.29, 0.717) is 6.54 Å². The number of benzene rings is 5. The van der Waals surface area contributed by atoms with Crippen molar-refractivity contribution in [2.24, 2.45) is 0 Å². The van der Waals surface area contributed by atoms with Crippen molar-refractivity contribution < 1.29 is 8.81 Å². The number of furan rings is 1. The zero-order valence-corrected chi connectivity index (χ0v) is 19.4. The summed E-state index contributed by atoms with van der Waals surface area (Å²) >= 11 is 0. The quantitative estimate of drug-likeness (QED) is 0.259. The SMILES string of the molecule is Fc1ccc(-c2cccc3c2oc2c(-c4nc5ccccc5n4Cc4ccccc4)cccc23)cc1. The fourth-order valence-electron chi connectivity index (χ4n) is 5.06. The molecule has 0 atom stereocenters. The number of aromatic nitrogens is 2. The average molecular weight is 469 g/mol. The third-order valence-electron chi connectivity index (χ3n) is 6.76. The first-order valence-electron chi connectivity index (χ1n) is 12.0. The molecule has 0 aliphatic carbocycles. The van der Waals surface area contributed by atoms with Crippen LogP contribution in [0.2, 0.25) is 0 Å². The lowest BCUT2D eigenvalue weighted by atomic mass is 10.0. The number of hydrogen-bond acceptors (Lipinski definition) is 2. The summed E-state index contributed by atoms with van der Waals surface area (Å²) in [7, 11) is 0. The molecule has 3 nitrogen and oxygen atoms in total. The molecule has 0 aliphatic rings. The van der Waals surface area contributed by atoms with Crippen LogP contribution in [0.1, 0.15) is 5.56 Å². The topological polar surface area (TPSA) is 31.0 Å². The first kappa shape index (κ1) is 20.7. The summed E-state index contributed by atoms with van der Waals surface area (Å²) in [5, 5.41) is 2.06. The fourth-order valence-corrected chi connectivity index (χ4v) is 5.06. The smallest absolute Gasteiger partial charge is 0.146 e. The highest BCUT2D eigenvalue weighted by atomic mass is 19.1. The molecule has 0 aliphatic heterocycles. The van der Waals surface area contributed by atoms with Crippen molar-refractivity contribution in [2.75, 3.05) is 0 Å². The molecule has 0 radical (unpaired) electrons. The van der Waals surface area contributed by atoms with Gasteiger partial charge in [0.1, 0.15) is 22.8 Å². The molecular formula is C32H21FN2O. The van der Waals surface area contributed by atoms with Crippen LogP contribution < -0.4 is 0 Å². The molecule has 0 N–H and O–H groups in total. The summed E-state index contributed by atoms with van der Waals surface area (Å²) in [6.45, 7) is 0.703. The summed E-state index contributed by atoms with van der Waals surface area (Å²) in [6.07, 6.45) is 0. The molecule has 5 aromatic carbocycles. The van der Waals surface area contributed by atoms with Crippen molar-refractivity contribution in [3.63, 3.8) is 0 Å². The molecular weight excluding hydrogens is 447 g/mol. The maximum atomic E-state index is 13.6. The maximum Gasteiger partial charge on any atom is 0.146 e. The second kappa shape index (κ2) is 8.21. The van der Waals surface area contributed by atoms with Gasteiger partial charge < -0.3 is 8.98 Å². The van der Waals surface area contributed by atoms with E-state index in [1.807, 2.05) is 36.4 Å². The second-order valence-corrected chi connectivity index (χ2v) is 8.97. The van der Waals surface area contributed by atoms with E-state index in [1.54, 1.807) is 12.1 Å². The van der Waals surface area contributed by atoms with Gasteiger partial charge in [-0.15, -0.1) is 0 Å². The highest BCUT2D eigenvalue weighted by molar-refractivity contribution is 6.12. The molecule has 0 spiro atoms. The Morgan fingerprint density at radius 3 is 2.08 bits per heavy atom. The Bertz CT molecular complexity index is 1860. The summed E-state index contributed by atoms with van der Waals surface area (Å²) in [4.78, 5) is 5.05. The number of imidazole rings is 1. The van der Waals surface area contributed by atoms with Gasteiger partial charge in [-0.1, -0.05) is 84.9 Å². The van der Waals surface area contributed by atoms with Gasteiger partial charge in [-0.3, -0.25) is 0 Å². The molecule has 7 rings (SSSR count). The molecule has 0 amide bonds. The van der Waals surface area contributed by atoms with E-state index in [0.717, 1.165) is 55.5 Å². The Morgan fingerprint density at radius 1 is 0.639 bits per heavy atom. The maximum absolute atomic E-state index is 13.6. The van der Waals surface area contributed by atoms with Crippen molar-refractivity contribution in [3.05, 3.63) is 127 Å². The predicted molar refractivity (Wildman–Crippen MR) is 143 cm³/mol. The third kappa shape index (κ3) is 3.30. The molecule has 36 heavy (non-hydrogen) atoms. The van der Waals surface area contributed by atoms with Crippen molar-refractivity contribution in [2.45, 2.75) is 6.54 Å². The molecule has 2 aromatic heterocycles. The molecule has 0 fully saturated rings. The molecule has 172 valence electrons. The Hall–Kier alpha value is -4.70. The number of rotatable bonds is 4. The second-order valence-electron chi connectivity index (χ2n) is 8.97. The standard InChI is InChI=1S/C32H21FN2O/c33-23-18-16-22(17-19-23)24-10-6-11-25-26-12-7-13-27(31(26)36-30(24)25)32-34-28-14-4-5-15-29(28)35(32)20-21-8-2-1-3-9-21/h1-19H,20H2. The van der Waals surface area contributed by atoms with E-state index in [4.69, 9.17) is 9.40 Å². The van der Waals surface area contributed by atoms with Crippen LogP contribution in [0.25, 0.3) is 55.5 Å². The highest BCUT2D eigenvalue weighted by Gasteiger charge is 2.20. The van der Waals surface area contributed by atoms with Crippen LogP contribution in [0.3, 0.4) is 0 Å². The lowest BCUT2D eigenvalue weighted by molar-refractivity contribution is 0.628. The Labute approximate surface area is 207 Å². The third-order valence-corrected chi connectivity index (χ3v) is 6.76. The molecule has 0 unspecified atom stereocenters. The van der Waals surface area contributed by atoms with Crippen LogP contribution in [0.4, 0.5) is 4.39 Å². The first-order chi connectivity index (χ1) is 17.8. The van der Waals surface area contributed by atoms with Crippen LogP contribution in [0.5, 0.6) is 0 Å². The summed E-state index contributed by atoms with van der Waals surface area (Å²) < 4.78 is 22.4. The normalized spacial score (nSPS) is 11.6. The van der Waals surface area contributed by atoms with E-state index in [1.165, 1.54) is 17.7 Å². The van der Waals surface area contributed by atoms with Gasteiger partial charge in [0.15, 0.2) is 0 Å². The van der Waals surface area contributed by atoms with Crippen molar-refractivity contribution >= 4 is 33.0 Å². The Morgan fingerprint density at radius 2 is 1.31 bits per heavy atom. The molecule has 7 aromatic rings. The summed E-state index contributed by atoms with van der Waals surface area (Å²) in [5.74, 6) is 0.614. The Balaban J connectivity index is 1.48. The van der Waals surface area contributed by atoms with Crippen molar-refractivity contribution in [3.8, 4) is 22.5 Å². The van der Waals surface area contributed by atoms with Gasteiger partial charge >= 0.3 is 0 Å². The highest BCUT2D eigenvalue weighted by Crippen LogP contribution is 2.40. The van der Waals surface area contributed by atoms with Gasteiger partial charge in [0.05, 0.1) is 16.6 Å². The van der Waals surface area contributed by atoms with Gasteiger partial charge in [-0.05, 0) is 41.5 Å². The van der Waals surface area contributed by atoms with Crippen LogP contribution in [0, 0.1) is 5.82 Å². The van der Waals surface area contributed by atoms with Gasteiger partial charge in [0.25, 0.3) is 0 Å². The van der Waals surface area contributed by atoms with Crippen molar-refractivity contribution in [1.29, 1.82) is 0 Å². The van der Waals surface area contributed by atoms with Crippen molar-refractivity contribution in [1.82, 2.24) is 9.55 Å². The van der Waals surface area contributed by atoms with E-state index in [9.17, 15) is 4.39 Å². The minimum absolute atomic E-state index is 0.255. The molecule has 2 heterocycles. The van der Waals surface area contributed by atoms with Crippen LogP contribution >= 0.6 is 0 Å². The van der Waals surface area contributed by atoms with Crippen LogP contribution in [0.15, 0.2) is 120 Å². The zero-order valence-electron chi connectivity index (χ0n) is 19.4. The largest absolute Gasteiger partial charge is 0.455 e. The van der Waals surface area contributed by atoms with Gasteiger partial charge in [0.2, 0.25) is 0 Å². The molecule has 0 saturated heterocycles. The number of para-hydroxylation sites is 4. The monoisotopic (exact) mass is 468 g/mol. The van der Waals surface area contributed by atoms with Crippen LogP contribution in [-0.2, 0) is 6.54 Å². The molecule has 0 bridgehead atoms. The summed E-state index contributed by atoms with van der Waals surface area (Å²) in [6, 6.07) is 37.5. The number of fused-ring (bicyclic) bond motifs is 4. The average Bonchev–Trinajstić information content (AvgIpc) is 3.48. The lowest BCUT2D eigenvalue weighted by Crippen LogP contribution is -2.02. The van der Waals surface area contributed by atoms with E-state index in [-0.39, 0.29) is 5.82 Å². The van der Waals surface area contributed by atoms with Gasteiger partial charge in [-0.25, -0.2) is 9.37 Å². The van der Waals surface area contributed by atoms with Crippen LogP contribution in [-0.4, -0.2) is 9.55 Å². The van der Waals surface area contributed by atoms with E-state index in [2.05, 4.69) is 59.2 Å². The summed E-state index contributed by atoms with van der Waals surface area (Å²) in [5.41, 5.74) is 7.62. The molecule has 0 saturated carbocycles. The number of hydrogen-bond donors (Lipinski definition) is 0. The lowest BCUT2D eigenvalue weighted by Gasteiger charge is -2.10. The molecule has 4 heteroatoms. The zero-order chi connectivity index (χ0) is 24.1. The van der Waals surface area contributed by atoms with Gasteiger partial charge in [-0.2, -0.15) is 0 Å². The number of nitrogens with zero attached hydrogens (tertiary/aromatic N) is 2. The minimum Gasteiger partial charge on any atom is -0.455 e. The number of halogens is 1. The predicted octanol–water partition coefficient (Wildman–Crippen LogP) is 8.46. The van der Waals surface area contributed by atoms with E-state index >= 15 is 0 Å². The first-order valence-corrected chi connectivity index (χ1v) is 12.0. The fraction of sp³-hybridized carbons (Fsp3) is 0.0312. The minimum atomic E-state index is -0.255.